The van der Waals surface area contributed by atoms with Crippen LogP contribution in [-0.4, -0.2) is 26.4 Å². The molecular weight excluding hydrogens is 411 g/mol. The molecule has 1 amide bonds. The zero-order valence-electron chi connectivity index (χ0n) is 15.7. The fourth-order valence-electron chi connectivity index (χ4n) is 3.36. The van der Waals surface area contributed by atoms with Gasteiger partial charge in [0.2, 0.25) is 5.91 Å². The average Bonchev–Trinajstić information content (AvgIpc) is 2.96. The molecule has 0 bridgehead atoms. The highest BCUT2D eigenvalue weighted by molar-refractivity contribution is 8.00. The number of halogens is 2. The number of carbonyl (C=O) groups excluding carboxylic acids is 1. The highest BCUT2D eigenvalue weighted by atomic mass is 35.5. The van der Waals surface area contributed by atoms with Crippen LogP contribution in [0.1, 0.15) is 25.1 Å². The maximum absolute atomic E-state index is 13.7. The summed E-state index contributed by atoms with van der Waals surface area (Å²) < 4.78 is 15.8. The first-order valence-electron chi connectivity index (χ1n) is 9.51. The van der Waals surface area contributed by atoms with Crippen molar-refractivity contribution in [1.82, 2.24) is 14.8 Å². The van der Waals surface area contributed by atoms with Crippen LogP contribution in [0.3, 0.4) is 0 Å². The quantitative estimate of drug-likeness (QED) is 0.565. The number of hydrogen-bond acceptors (Lipinski definition) is 4. The van der Waals surface area contributed by atoms with E-state index in [1.165, 1.54) is 12.5 Å². The van der Waals surface area contributed by atoms with Gasteiger partial charge in [-0.2, -0.15) is 0 Å². The van der Waals surface area contributed by atoms with E-state index in [-0.39, 0.29) is 17.5 Å². The van der Waals surface area contributed by atoms with Gasteiger partial charge < -0.3 is 9.88 Å². The number of aryl methyl sites for hydroxylation is 1. The third-order valence-electron chi connectivity index (χ3n) is 4.80. The molecule has 0 spiro atoms. The number of aromatic nitrogens is 3. The minimum absolute atomic E-state index is 0.110. The summed E-state index contributed by atoms with van der Waals surface area (Å²) in [6, 6.07) is 11.7. The predicted octanol–water partition coefficient (Wildman–Crippen LogP) is 5.19. The van der Waals surface area contributed by atoms with Gasteiger partial charge in [0.15, 0.2) is 5.82 Å². The van der Waals surface area contributed by atoms with E-state index in [1.54, 1.807) is 30.3 Å². The summed E-state index contributed by atoms with van der Waals surface area (Å²) in [5, 5.41) is 12.1. The SMILES string of the molecule is O=C(CSc1ccccc1F)Nc1ccc(Cl)c(-c2nnc3n2CCCCC3)c1. The Bertz CT molecular complexity index is 1040. The Morgan fingerprint density at radius 2 is 2.03 bits per heavy atom. The molecule has 0 saturated carbocycles. The van der Waals surface area contributed by atoms with Crippen LogP contribution in [-0.2, 0) is 17.8 Å². The van der Waals surface area contributed by atoms with Gasteiger partial charge in [0, 0.05) is 29.1 Å². The Morgan fingerprint density at radius 1 is 1.17 bits per heavy atom. The van der Waals surface area contributed by atoms with E-state index in [1.807, 2.05) is 6.07 Å². The van der Waals surface area contributed by atoms with E-state index in [9.17, 15) is 9.18 Å². The van der Waals surface area contributed by atoms with Crippen molar-refractivity contribution in [2.24, 2.45) is 0 Å². The van der Waals surface area contributed by atoms with Gasteiger partial charge in [0.1, 0.15) is 11.6 Å². The van der Waals surface area contributed by atoms with Gasteiger partial charge in [-0.1, -0.05) is 30.2 Å². The number of fused-ring (bicyclic) bond motifs is 1. The molecule has 8 heteroatoms. The third kappa shape index (κ3) is 4.62. The first-order chi connectivity index (χ1) is 14.1. The lowest BCUT2D eigenvalue weighted by Gasteiger charge is -2.11. The lowest BCUT2D eigenvalue weighted by atomic mass is 10.1. The molecule has 1 aromatic heterocycles. The van der Waals surface area contributed by atoms with Gasteiger partial charge in [-0.3, -0.25) is 4.79 Å². The maximum Gasteiger partial charge on any atom is 0.234 e. The van der Waals surface area contributed by atoms with Crippen molar-refractivity contribution in [1.29, 1.82) is 0 Å². The van der Waals surface area contributed by atoms with E-state index in [0.717, 1.165) is 54.8 Å². The second-order valence-electron chi connectivity index (χ2n) is 6.86. The molecule has 0 aliphatic carbocycles. The van der Waals surface area contributed by atoms with Gasteiger partial charge in [0.25, 0.3) is 0 Å². The van der Waals surface area contributed by atoms with Crippen LogP contribution in [0, 0.1) is 5.82 Å². The molecule has 1 aliphatic rings. The smallest absolute Gasteiger partial charge is 0.234 e. The molecule has 0 radical (unpaired) electrons. The van der Waals surface area contributed by atoms with E-state index < -0.39 is 0 Å². The molecule has 3 aromatic rings. The summed E-state index contributed by atoms with van der Waals surface area (Å²) in [5.41, 5.74) is 1.36. The first-order valence-corrected chi connectivity index (χ1v) is 10.9. The molecule has 150 valence electrons. The molecule has 0 atom stereocenters. The van der Waals surface area contributed by atoms with Gasteiger partial charge >= 0.3 is 0 Å². The predicted molar refractivity (Wildman–Crippen MR) is 114 cm³/mol. The number of carbonyl (C=O) groups is 1. The molecule has 29 heavy (non-hydrogen) atoms. The average molecular weight is 431 g/mol. The number of anilines is 1. The summed E-state index contributed by atoms with van der Waals surface area (Å²) in [5.74, 6) is 1.27. The minimum atomic E-state index is -0.327. The van der Waals surface area contributed by atoms with Gasteiger partial charge in [-0.05, 0) is 43.2 Å². The summed E-state index contributed by atoms with van der Waals surface area (Å²) in [6.07, 6.45) is 4.28. The van der Waals surface area contributed by atoms with Crippen LogP contribution in [0.4, 0.5) is 10.1 Å². The molecule has 0 fully saturated rings. The largest absolute Gasteiger partial charge is 0.325 e. The van der Waals surface area contributed by atoms with Crippen molar-refractivity contribution in [2.75, 3.05) is 11.1 Å². The number of hydrogen-bond donors (Lipinski definition) is 1. The number of nitrogens with one attached hydrogen (secondary N) is 1. The van der Waals surface area contributed by atoms with E-state index in [2.05, 4.69) is 20.1 Å². The standard InChI is InChI=1S/C21H20ClFN4OS/c22-16-10-9-14(24-20(28)13-29-18-7-4-3-6-17(18)23)12-15(16)21-26-25-19-8-2-1-5-11-27(19)21/h3-4,6-7,9-10,12H,1-2,5,8,11,13H2,(H,24,28). The molecule has 0 unspecified atom stereocenters. The summed E-state index contributed by atoms with van der Waals surface area (Å²) in [6.45, 7) is 0.865. The normalized spacial score (nSPS) is 13.6. The monoisotopic (exact) mass is 430 g/mol. The molecule has 2 aromatic carbocycles. The zero-order chi connectivity index (χ0) is 20.2. The first kappa shape index (κ1) is 19.9. The minimum Gasteiger partial charge on any atom is -0.325 e. The fourth-order valence-corrected chi connectivity index (χ4v) is 4.30. The Kier molecular flexibility index (Phi) is 6.16. The zero-order valence-corrected chi connectivity index (χ0v) is 17.3. The number of benzene rings is 2. The summed E-state index contributed by atoms with van der Waals surface area (Å²) in [7, 11) is 0. The molecule has 1 N–H and O–H groups in total. The summed E-state index contributed by atoms with van der Waals surface area (Å²) in [4.78, 5) is 12.8. The van der Waals surface area contributed by atoms with Crippen molar-refractivity contribution in [3.8, 4) is 11.4 Å². The van der Waals surface area contributed by atoms with E-state index in [0.29, 0.717) is 15.6 Å². The number of thioether (sulfide) groups is 1. The molecule has 1 aliphatic heterocycles. The molecule has 2 heterocycles. The van der Waals surface area contributed by atoms with Crippen molar-refractivity contribution in [2.45, 2.75) is 37.1 Å². The number of nitrogens with zero attached hydrogens (tertiary/aromatic N) is 3. The Morgan fingerprint density at radius 3 is 2.90 bits per heavy atom. The van der Waals surface area contributed by atoms with Crippen molar-refractivity contribution >= 4 is 35.0 Å². The number of amides is 1. The van der Waals surface area contributed by atoms with Crippen molar-refractivity contribution in [3.63, 3.8) is 0 Å². The Labute approximate surface area is 177 Å². The second-order valence-corrected chi connectivity index (χ2v) is 8.29. The van der Waals surface area contributed by atoms with E-state index in [4.69, 9.17) is 11.6 Å². The van der Waals surface area contributed by atoms with Crippen LogP contribution in [0.5, 0.6) is 0 Å². The van der Waals surface area contributed by atoms with Gasteiger partial charge in [-0.25, -0.2) is 4.39 Å². The van der Waals surface area contributed by atoms with Crippen molar-refractivity contribution in [3.05, 3.63) is 59.1 Å². The topological polar surface area (TPSA) is 59.8 Å². The fraction of sp³-hybridized carbons (Fsp3) is 0.286. The van der Waals surface area contributed by atoms with Crippen LogP contribution in [0.15, 0.2) is 47.4 Å². The maximum atomic E-state index is 13.7. The highest BCUT2D eigenvalue weighted by Gasteiger charge is 2.18. The van der Waals surface area contributed by atoms with Crippen LogP contribution in [0.2, 0.25) is 5.02 Å². The van der Waals surface area contributed by atoms with Crippen molar-refractivity contribution < 1.29 is 9.18 Å². The molecule has 0 saturated heterocycles. The van der Waals surface area contributed by atoms with Crippen LogP contribution >= 0.6 is 23.4 Å². The highest BCUT2D eigenvalue weighted by Crippen LogP contribution is 2.31. The third-order valence-corrected chi connectivity index (χ3v) is 6.17. The Hall–Kier alpha value is -2.38. The van der Waals surface area contributed by atoms with Crippen LogP contribution < -0.4 is 5.32 Å². The molecular formula is C21H20ClFN4OS. The van der Waals surface area contributed by atoms with Gasteiger partial charge in [0.05, 0.1) is 10.8 Å². The molecule has 4 rings (SSSR count). The Balaban J connectivity index is 1.49. The lowest BCUT2D eigenvalue weighted by molar-refractivity contribution is -0.113. The van der Waals surface area contributed by atoms with Gasteiger partial charge in [-0.15, -0.1) is 22.0 Å². The summed E-state index contributed by atoms with van der Waals surface area (Å²) >= 11 is 7.59. The second kappa shape index (κ2) is 8.97. The lowest BCUT2D eigenvalue weighted by Crippen LogP contribution is -2.14. The van der Waals surface area contributed by atoms with E-state index >= 15 is 0 Å². The van der Waals surface area contributed by atoms with Crippen LogP contribution in [0.25, 0.3) is 11.4 Å². The number of rotatable bonds is 5. The molecule has 5 nitrogen and oxygen atoms in total.